The summed E-state index contributed by atoms with van der Waals surface area (Å²) in [6.45, 7) is 10.5. The number of nitrogens with zero attached hydrogens (tertiary/aromatic N) is 3. The molecule has 2 heterocycles. The summed E-state index contributed by atoms with van der Waals surface area (Å²) in [7, 11) is 0. The second-order valence-electron chi connectivity index (χ2n) is 4.26. The number of aryl methyl sites for hydroxylation is 2. The molecule has 0 bridgehead atoms. The Morgan fingerprint density at radius 3 is 2.50 bits per heavy atom. The predicted molar refractivity (Wildman–Crippen MR) is 66.0 cm³/mol. The quantitative estimate of drug-likeness (QED) is 0.809. The van der Waals surface area contributed by atoms with Crippen LogP contribution in [0.1, 0.15) is 24.0 Å². The van der Waals surface area contributed by atoms with Crippen molar-refractivity contribution in [3.63, 3.8) is 0 Å². The fraction of sp³-hybridized carbons (Fsp3) is 0.667. The van der Waals surface area contributed by atoms with E-state index in [1.165, 1.54) is 5.56 Å². The zero-order chi connectivity index (χ0) is 11.5. The van der Waals surface area contributed by atoms with Gasteiger partial charge in [0.15, 0.2) is 0 Å². The Labute approximate surface area is 97.1 Å². The molecule has 0 aromatic carbocycles. The van der Waals surface area contributed by atoms with Crippen LogP contribution in [0.2, 0.25) is 0 Å². The minimum atomic E-state index is 0.903. The summed E-state index contributed by atoms with van der Waals surface area (Å²) < 4.78 is 0. The normalized spacial score (nSPS) is 16.6. The van der Waals surface area contributed by atoms with Gasteiger partial charge in [-0.1, -0.05) is 6.92 Å². The molecular weight excluding hydrogens is 200 g/mol. The lowest BCUT2D eigenvalue weighted by Crippen LogP contribution is -2.44. The molecule has 0 amide bonds. The lowest BCUT2D eigenvalue weighted by Gasteiger charge is -2.30. The van der Waals surface area contributed by atoms with Crippen molar-refractivity contribution in [3.05, 3.63) is 17.1 Å². The van der Waals surface area contributed by atoms with E-state index in [0.717, 1.165) is 49.9 Å². The average Bonchev–Trinajstić information content (AvgIpc) is 2.33. The predicted octanol–water partition coefficient (Wildman–Crippen LogP) is 1.07. The monoisotopic (exact) mass is 220 g/mol. The summed E-state index contributed by atoms with van der Waals surface area (Å²) in [5.41, 5.74) is 2.33. The standard InChI is InChI=1S/C12H20N4/c1-4-11-14-10(3)9(2)12(15-11)16-7-5-13-6-8-16/h13H,4-8H2,1-3H3. The van der Waals surface area contributed by atoms with E-state index in [1.807, 2.05) is 0 Å². The summed E-state index contributed by atoms with van der Waals surface area (Å²) in [6, 6.07) is 0. The highest BCUT2D eigenvalue weighted by Crippen LogP contribution is 2.20. The summed E-state index contributed by atoms with van der Waals surface area (Å²) >= 11 is 0. The third-order valence-electron chi connectivity index (χ3n) is 3.14. The number of nitrogens with one attached hydrogen (secondary N) is 1. The molecule has 16 heavy (non-hydrogen) atoms. The third kappa shape index (κ3) is 2.16. The molecular formula is C12H20N4. The van der Waals surface area contributed by atoms with Gasteiger partial charge in [-0.2, -0.15) is 0 Å². The van der Waals surface area contributed by atoms with Crippen LogP contribution in [0.3, 0.4) is 0 Å². The van der Waals surface area contributed by atoms with Gasteiger partial charge in [-0.05, 0) is 13.8 Å². The topological polar surface area (TPSA) is 41.1 Å². The van der Waals surface area contributed by atoms with E-state index in [4.69, 9.17) is 0 Å². The first-order chi connectivity index (χ1) is 7.72. The van der Waals surface area contributed by atoms with E-state index in [2.05, 4.69) is 41.0 Å². The SMILES string of the molecule is CCc1nc(C)c(C)c(N2CCNCC2)n1. The molecule has 4 heteroatoms. The minimum Gasteiger partial charge on any atom is -0.354 e. The van der Waals surface area contributed by atoms with Gasteiger partial charge in [-0.3, -0.25) is 0 Å². The van der Waals surface area contributed by atoms with Crippen molar-refractivity contribution in [2.75, 3.05) is 31.1 Å². The first-order valence-corrected chi connectivity index (χ1v) is 6.02. The summed E-state index contributed by atoms with van der Waals surface area (Å²) in [6.07, 6.45) is 0.903. The molecule has 1 N–H and O–H groups in total. The molecule has 1 aliphatic heterocycles. The van der Waals surface area contributed by atoms with Crippen molar-refractivity contribution in [3.8, 4) is 0 Å². The second-order valence-corrected chi connectivity index (χ2v) is 4.26. The van der Waals surface area contributed by atoms with E-state index in [9.17, 15) is 0 Å². The van der Waals surface area contributed by atoms with E-state index < -0.39 is 0 Å². The van der Waals surface area contributed by atoms with Gasteiger partial charge in [0.1, 0.15) is 11.6 Å². The molecule has 0 radical (unpaired) electrons. The number of aromatic nitrogens is 2. The van der Waals surface area contributed by atoms with Crippen molar-refractivity contribution >= 4 is 5.82 Å². The maximum absolute atomic E-state index is 4.66. The van der Waals surface area contributed by atoms with Gasteiger partial charge in [0.05, 0.1) is 0 Å². The highest BCUT2D eigenvalue weighted by atomic mass is 15.2. The highest BCUT2D eigenvalue weighted by molar-refractivity contribution is 5.48. The zero-order valence-corrected chi connectivity index (χ0v) is 10.4. The Morgan fingerprint density at radius 1 is 1.19 bits per heavy atom. The van der Waals surface area contributed by atoms with Crippen LogP contribution in [0, 0.1) is 13.8 Å². The molecule has 0 unspecified atom stereocenters. The van der Waals surface area contributed by atoms with Gasteiger partial charge in [0, 0.05) is 43.9 Å². The average molecular weight is 220 g/mol. The largest absolute Gasteiger partial charge is 0.354 e. The van der Waals surface area contributed by atoms with Crippen LogP contribution in [0.15, 0.2) is 0 Å². The number of rotatable bonds is 2. The molecule has 4 nitrogen and oxygen atoms in total. The van der Waals surface area contributed by atoms with Gasteiger partial charge in [0.25, 0.3) is 0 Å². The Hall–Kier alpha value is -1.16. The Morgan fingerprint density at radius 2 is 1.88 bits per heavy atom. The Bertz CT molecular complexity index is 370. The lowest BCUT2D eigenvalue weighted by atomic mass is 10.2. The lowest BCUT2D eigenvalue weighted by molar-refractivity contribution is 0.582. The van der Waals surface area contributed by atoms with Crippen LogP contribution in [0.5, 0.6) is 0 Å². The number of anilines is 1. The van der Waals surface area contributed by atoms with Gasteiger partial charge < -0.3 is 10.2 Å². The van der Waals surface area contributed by atoms with Crippen molar-refractivity contribution in [1.29, 1.82) is 0 Å². The van der Waals surface area contributed by atoms with Crippen LogP contribution < -0.4 is 10.2 Å². The number of piperazine rings is 1. The van der Waals surface area contributed by atoms with Crippen molar-refractivity contribution < 1.29 is 0 Å². The highest BCUT2D eigenvalue weighted by Gasteiger charge is 2.16. The molecule has 1 aliphatic rings. The Kier molecular flexibility index (Phi) is 3.39. The number of hydrogen-bond donors (Lipinski definition) is 1. The van der Waals surface area contributed by atoms with Crippen LogP contribution in [0.4, 0.5) is 5.82 Å². The van der Waals surface area contributed by atoms with Gasteiger partial charge >= 0.3 is 0 Å². The molecule has 1 saturated heterocycles. The fourth-order valence-corrected chi connectivity index (χ4v) is 2.01. The molecule has 0 spiro atoms. The zero-order valence-electron chi connectivity index (χ0n) is 10.4. The van der Waals surface area contributed by atoms with Crippen molar-refractivity contribution in [2.24, 2.45) is 0 Å². The molecule has 88 valence electrons. The first kappa shape index (κ1) is 11.3. The van der Waals surface area contributed by atoms with E-state index in [0.29, 0.717) is 0 Å². The molecule has 0 aliphatic carbocycles. The first-order valence-electron chi connectivity index (χ1n) is 6.02. The van der Waals surface area contributed by atoms with E-state index in [1.54, 1.807) is 0 Å². The minimum absolute atomic E-state index is 0.903. The van der Waals surface area contributed by atoms with E-state index >= 15 is 0 Å². The maximum atomic E-state index is 4.66. The molecule has 2 rings (SSSR count). The number of hydrogen-bond acceptors (Lipinski definition) is 4. The maximum Gasteiger partial charge on any atom is 0.135 e. The smallest absolute Gasteiger partial charge is 0.135 e. The van der Waals surface area contributed by atoms with Crippen LogP contribution >= 0.6 is 0 Å². The van der Waals surface area contributed by atoms with Gasteiger partial charge in [-0.15, -0.1) is 0 Å². The molecule has 1 aromatic heterocycles. The molecule has 0 saturated carbocycles. The molecule has 0 atom stereocenters. The van der Waals surface area contributed by atoms with Gasteiger partial charge in [-0.25, -0.2) is 9.97 Å². The van der Waals surface area contributed by atoms with Crippen LogP contribution in [0.25, 0.3) is 0 Å². The fourth-order valence-electron chi connectivity index (χ4n) is 2.01. The van der Waals surface area contributed by atoms with Crippen LogP contribution in [-0.4, -0.2) is 36.1 Å². The summed E-state index contributed by atoms with van der Waals surface area (Å²) in [5.74, 6) is 2.09. The Balaban J connectivity index is 2.33. The van der Waals surface area contributed by atoms with Gasteiger partial charge in [0.2, 0.25) is 0 Å². The second kappa shape index (κ2) is 4.78. The summed E-state index contributed by atoms with van der Waals surface area (Å²) in [5, 5.41) is 3.36. The van der Waals surface area contributed by atoms with Crippen LogP contribution in [-0.2, 0) is 6.42 Å². The molecule has 1 aromatic rings. The summed E-state index contributed by atoms with van der Waals surface area (Å²) in [4.78, 5) is 11.5. The van der Waals surface area contributed by atoms with E-state index in [-0.39, 0.29) is 0 Å². The third-order valence-corrected chi connectivity index (χ3v) is 3.14. The molecule has 1 fully saturated rings. The van der Waals surface area contributed by atoms with Crippen molar-refractivity contribution in [1.82, 2.24) is 15.3 Å². The van der Waals surface area contributed by atoms with Crippen molar-refractivity contribution in [2.45, 2.75) is 27.2 Å².